The fraction of sp³-hybridized carbons (Fsp3) is 0. The van der Waals surface area contributed by atoms with Gasteiger partial charge in [0.05, 0.1) is 11.7 Å². The molecule has 4 heteroatoms. The first kappa shape index (κ1) is 11.8. The second-order valence-electron chi connectivity index (χ2n) is 2.30. The summed E-state index contributed by atoms with van der Waals surface area (Å²) in [5.74, 6) is -1.35. The van der Waals surface area contributed by atoms with Crippen molar-refractivity contribution in [3.05, 3.63) is 41.6 Å². The molecular formula is C9H8LiNO2. The van der Waals surface area contributed by atoms with Crippen molar-refractivity contribution in [2.45, 2.75) is 0 Å². The maximum Gasteiger partial charge on any atom is 1.00 e. The first-order valence-corrected chi connectivity index (χ1v) is 3.43. The fourth-order valence-electron chi connectivity index (χ4n) is 0.788. The molecule has 0 bridgehead atoms. The molecule has 2 N–H and O–H groups in total. The summed E-state index contributed by atoms with van der Waals surface area (Å²) in [5.41, 5.74) is 5.63. The molecule has 0 aliphatic heterocycles. The van der Waals surface area contributed by atoms with Gasteiger partial charge in [-0.1, -0.05) is 30.3 Å². The van der Waals surface area contributed by atoms with Crippen molar-refractivity contribution in [3.63, 3.8) is 0 Å². The zero-order valence-corrected chi connectivity index (χ0v) is 7.36. The third-order valence-corrected chi connectivity index (χ3v) is 1.36. The van der Waals surface area contributed by atoms with E-state index in [1.807, 2.05) is 6.07 Å². The van der Waals surface area contributed by atoms with E-state index >= 15 is 0 Å². The molecule has 0 saturated carbocycles. The Labute approximate surface area is 88.4 Å². The molecule has 0 amide bonds. The summed E-state index contributed by atoms with van der Waals surface area (Å²) in [7, 11) is 0. The molecule has 62 valence electrons. The van der Waals surface area contributed by atoms with Gasteiger partial charge >= 0.3 is 18.9 Å². The van der Waals surface area contributed by atoms with Crippen LogP contribution in [0.15, 0.2) is 36.0 Å². The van der Waals surface area contributed by atoms with Crippen molar-refractivity contribution in [2.24, 2.45) is 5.73 Å². The van der Waals surface area contributed by atoms with Crippen LogP contribution in [0.25, 0.3) is 6.08 Å². The number of nitrogens with two attached hydrogens (primary N) is 1. The molecule has 1 aromatic carbocycles. The molecule has 3 nitrogen and oxygen atoms in total. The van der Waals surface area contributed by atoms with Gasteiger partial charge < -0.3 is 15.6 Å². The summed E-state index contributed by atoms with van der Waals surface area (Å²) in [6.45, 7) is 0. The number of carbonyl (C=O) groups is 1. The van der Waals surface area contributed by atoms with Crippen LogP contribution in [-0.2, 0) is 4.79 Å². The average Bonchev–Trinajstić information content (AvgIpc) is 2.06. The van der Waals surface area contributed by atoms with Gasteiger partial charge in [-0.3, -0.25) is 0 Å². The Morgan fingerprint density at radius 2 is 1.85 bits per heavy atom. The summed E-state index contributed by atoms with van der Waals surface area (Å²) in [5, 5.41) is 10.2. The van der Waals surface area contributed by atoms with Crippen LogP contribution in [0, 0.1) is 0 Å². The van der Waals surface area contributed by atoms with Gasteiger partial charge in [0.25, 0.3) is 0 Å². The van der Waals surface area contributed by atoms with Gasteiger partial charge in [0.2, 0.25) is 0 Å². The maximum atomic E-state index is 10.2. The standard InChI is InChI=1S/C9H9NO2.Li/c10-8(9(11)12)6-7-4-2-1-3-5-7;/h1-6H,10H2,(H,11,12);/q;+1/p-1/b8-6-;. The molecule has 0 aliphatic rings. The molecule has 0 fully saturated rings. The van der Waals surface area contributed by atoms with E-state index in [9.17, 15) is 9.90 Å². The molecule has 0 atom stereocenters. The van der Waals surface area contributed by atoms with Gasteiger partial charge in [0.1, 0.15) is 0 Å². The van der Waals surface area contributed by atoms with E-state index in [1.54, 1.807) is 24.3 Å². The molecule has 0 aliphatic carbocycles. The van der Waals surface area contributed by atoms with Crippen LogP contribution >= 0.6 is 0 Å². The molecule has 0 unspecified atom stereocenters. The normalized spacial score (nSPS) is 10.3. The average molecular weight is 169 g/mol. The second kappa shape index (κ2) is 5.47. The minimum Gasteiger partial charge on any atom is -0.543 e. The van der Waals surface area contributed by atoms with Crippen LogP contribution in [0.4, 0.5) is 0 Å². The van der Waals surface area contributed by atoms with Gasteiger partial charge in [-0.05, 0) is 11.6 Å². The Kier molecular flexibility index (Phi) is 4.98. The van der Waals surface area contributed by atoms with Crippen molar-refractivity contribution in [2.75, 3.05) is 0 Å². The molecular weight excluding hydrogens is 161 g/mol. The largest absolute Gasteiger partial charge is 1.00 e. The van der Waals surface area contributed by atoms with Gasteiger partial charge in [0, 0.05) is 0 Å². The number of carbonyl (C=O) groups excluding carboxylic acids is 1. The van der Waals surface area contributed by atoms with Crippen LogP contribution < -0.4 is 29.7 Å². The van der Waals surface area contributed by atoms with Crippen LogP contribution in [0.1, 0.15) is 5.56 Å². The minimum absolute atomic E-state index is 0. The fourth-order valence-corrected chi connectivity index (χ4v) is 0.788. The van der Waals surface area contributed by atoms with Crippen molar-refractivity contribution < 1.29 is 28.8 Å². The third kappa shape index (κ3) is 3.84. The molecule has 0 saturated heterocycles. The van der Waals surface area contributed by atoms with Crippen LogP contribution in [0.3, 0.4) is 0 Å². The van der Waals surface area contributed by atoms with E-state index in [-0.39, 0.29) is 24.6 Å². The quantitative estimate of drug-likeness (QED) is 0.373. The Morgan fingerprint density at radius 3 is 2.31 bits per heavy atom. The monoisotopic (exact) mass is 169 g/mol. The van der Waals surface area contributed by atoms with Crippen molar-refractivity contribution in [1.29, 1.82) is 0 Å². The molecule has 13 heavy (non-hydrogen) atoms. The summed E-state index contributed by atoms with van der Waals surface area (Å²) >= 11 is 0. The van der Waals surface area contributed by atoms with Gasteiger partial charge in [-0.25, -0.2) is 0 Å². The van der Waals surface area contributed by atoms with E-state index in [2.05, 4.69) is 0 Å². The number of hydrogen-bond acceptors (Lipinski definition) is 3. The Balaban J connectivity index is 0.00000144. The van der Waals surface area contributed by atoms with Crippen LogP contribution in [0.2, 0.25) is 0 Å². The van der Waals surface area contributed by atoms with E-state index < -0.39 is 5.97 Å². The molecule has 0 spiro atoms. The van der Waals surface area contributed by atoms with E-state index in [0.29, 0.717) is 0 Å². The number of hydrogen-bond donors (Lipinski definition) is 1. The van der Waals surface area contributed by atoms with Crippen molar-refractivity contribution >= 4 is 12.0 Å². The second-order valence-corrected chi connectivity index (χ2v) is 2.30. The van der Waals surface area contributed by atoms with E-state index in [4.69, 9.17) is 5.73 Å². The molecule has 1 aromatic rings. The summed E-state index contributed by atoms with van der Waals surface area (Å²) in [4.78, 5) is 10.2. The predicted octanol–water partition coefficient (Wildman–Crippen LogP) is -3.26. The van der Waals surface area contributed by atoms with Gasteiger partial charge in [-0.15, -0.1) is 0 Å². The number of rotatable bonds is 2. The molecule has 0 radical (unpaired) electrons. The molecule has 0 heterocycles. The predicted molar refractivity (Wildman–Crippen MR) is 43.6 cm³/mol. The minimum atomic E-state index is -1.35. The zero-order valence-electron chi connectivity index (χ0n) is 7.36. The van der Waals surface area contributed by atoms with Crippen LogP contribution in [0.5, 0.6) is 0 Å². The van der Waals surface area contributed by atoms with Crippen molar-refractivity contribution in [3.8, 4) is 0 Å². The van der Waals surface area contributed by atoms with Gasteiger partial charge in [0.15, 0.2) is 0 Å². The Hall–Kier alpha value is -1.17. The SMILES string of the molecule is N/C(=C\c1ccccc1)C(=O)[O-].[Li+]. The topological polar surface area (TPSA) is 66.2 Å². The first-order chi connectivity index (χ1) is 5.70. The van der Waals surface area contributed by atoms with Gasteiger partial charge in [-0.2, -0.15) is 0 Å². The number of benzene rings is 1. The smallest absolute Gasteiger partial charge is 0.543 e. The van der Waals surface area contributed by atoms with E-state index in [0.717, 1.165) is 5.56 Å². The van der Waals surface area contributed by atoms with E-state index in [1.165, 1.54) is 6.08 Å². The first-order valence-electron chi connectivity index (χ1n) is 3.43. The van der Waals surface area contributed by atoms with Crippen LogP contribution in [-0.4, -0.2) is 5.97 Å². The van der Waals surface area contributed by atoms with Crippen molar-refractivity contribution in [1.82, 2.24) is 0 Å². The molecule has 1 rings (SSSR count). The number of aliphatic carboxylic acids is 1. The summed E-state index contributed by atoms with van der Waals surface area (Å²) in [6.07, 6.45) is 1.36. The summed E-state index contributed by atoms with van der Waals surface area (Å²) < 4.78 is 0. The number of carboxylic acid groups (broad SMARTS) is 1. The zero-order chi connectivity index (χ0) is 8.97. The maximum absolute atomic E-state index is 10.2. The summed E-state index contributed by atoms with van der Waals surface area (Å²) in [6, 6.07) is 8.96. The third-order valence-electron chi connectivity index (χ3n) is 1.36. The Bertz CT molecular complexity index is 309. The molecule has 0 aromatic heterocycles. The number of carboxylic acids is 1. The Morgan fingerprint density at radius 1 is 1.31 bits per heavy atom.